The zero-order valence-corrected chi connectivity index (χ0v) is 26.3. The number of ether oxygens (including phenoxy) is 1. The highest BCUT2D eigenvalue weighted by Crippen LogP contribution is 2.39. The summed E-state index contributed by atoms with van der Waals surface area (Å²) in [5.41, 5.74) is 2.46. The number of para-hydroxylation sites is 1. The second-order valence-electron chi connectivity index (χ2n) is 12.7. The summed E-state index contributed by atoms with van der Waals surface area (Å²) in [7, 11) is 0. The summed E-state index contributed by atoms with van der Waals surface area (Å²) in [4.78, 5) is 22.8. The third-order valence-electron chi connectivity index (χ3n) is 9.33. The van der Waals surface area contributed by atoms with Crippen molar-refractivity contribution >= 4 is 28.2 Å². The van der Waals surface area contributed by atoms with Crippen LogP contribution in [0, 0.1) is 12.3 Å². The maximum Gasteiger partial charge on any atom is 0.416 e. The molecule has 4 aromatic rings. The van der Waals surface area contributed by atoms with Gasteiger partial charge in [-0.25, -0.2) is 0 Å². The number of hydrogen-bond donors (Lipinski definition) is 1. The highest BCUT2D eigenvalue weighted by Gasteiger charge is 2.43. The van der Waals surface area contributed by atoms with Crippen molar-refractivity contribution in [3.63, 3.8) is 0 Å². The summed E-state index contributed by atoms with van der Waals surface area (Å²) in [6.07, 6.45) is 0.974. The molecule has 3 aromatic carbocycles. The van der Waals surface area contributed by atoms with Gasteiger partial charge in [0.15, 0.2) is 0 Å². The molecule has 0 radical (unpaired) electrons. The van der Waals surface area contributed by atoms with Crippen LogP contribution in [0.2, 0.25) is 0 Å². The van der Waals surface area contributed by atoms with E-state index in [0.717, 1.165) is 87.0 Å². The van der Waals surface area contributed by atoms with Crippen LogP contribution >= 0.6 is 0 Å². The van der Waals surface area contributed by atoms with Crippen LogP contribution in [0.15, 0.2) is 78.9 Å². The minimum absolute atomic E-state index is 0.156. The highest BCUT2D eigenvalue weighted by molar-refractivity contribution is 5.93. The Kier molecular flexibility index (Phi) is 9.49. The number of anilines is 2. The van der Waals surface area contributed by atoms with Crippen molar-refractivity contribution < 1.29 is 22.7 Å². The van der Waals surface area contributed by atoms with Crippen LogP contribution < -0.4 is 10.1 Å². The van der Waals surface area contributed by atoms with Crippen molar-refractivity contribution in [2.24, 2.45) is 5.41 Å². The number of nitrogens with one attached hydrogen (secondary N) is 1. The first-order valence-electron chi connectivity index (χ1n) is 16.2. The van der Waals surface area contributed by atoms with Crippen LogP contribution in [0.1, 0.15) is 48.9 Å². The fraction of sp³-hybridized carbons (Fsp3) is 0.405. The zero-order valence-electron chi connectivity index (χ0n) is 26.3. The normalized spacial score (nSPS) is 17.2. The van der Waals surface area contributed by atoms with Gasteiger partial charge in [-0.3, -0.25) is 14.7 Å². The van der Waals surface area contributed by atoms with E-state index in [2.05, 4.69) is 32.2 Å². The van der Waals surface area contributed by atoms with E-state index >= 15 is 0 Å². The Morgan fingerprint density at radius 3 is 2.37 bits per heavy atom. The number of nitrogens with zero attached hydrogens (tertiary/aromatic N) is 3. The molecule has 0 unspecified atom stereocenters. The quantitative estimate of drug-likeness (QED) is 0.203. The van der Waals surface area contributed by atoms with Gasteiger partial charge in [-0.15, -0.1) is 0 Å². The largest absolute Gasteiger partial charge is 0.492 e. The fourth-order valence-corrected chi connectivity index (χ4v) is 6.87. The van der Waals surface area contributed by atoms with Gasteiger partial charge in [0.2, 0.25) is 5.91 Å². The highest BCUT2D eigenvalue weighted by atomic mass is 19.4. The van der Waals surface area contributed by atoms with E-state index in [1.165, 1.54) is 12.0 Å². The molecule has 2 aliphatic rings. The maximum atomic E-state index is 13.9. The first kappa shape index (κ1) is 31.9. The van der Waals surface area contributed by atoms with Gasteiger partial charge < -0.3 is 15.0 Å². The fourth-order valence-electron chi connectivity index (χ4n) is 6.87. The van der Waals surface area contributed by atoms with E-state index in [9.17, 15) is 18.0 Å². The van der Waals surface area contributed by atoms with Gasteiger partial charge in [-0.2, -0.15) is 13.2 Å². The summed E-state index contributed by atoms with van der Waals surface area (Å²) in [5, 5.41) is 4.00. The Labute approximate surface area is 268 Å². The molecular weight excluding hydrogens is 589 g/mol. The topological polar surface area (TPSA) is 57.7 Å². The predicted molar refractivity (Wildman–Crippen MR) is 175 cm³/mol. The molecule has 1 N–H and O–H groups in total. The Bertz CT molecular complexity index is 1650. The molecule has 0 atom stereocenters. The summed E-state index contributed by atoms with van der Waals surface area (Å²) in [6, 6.07) is 23.4. The number of fused-ring (bicyclic) bond motifs is 1. The Morgan fingerprint density at radius 1 is 0.913 bits per heavy atom. The van der Waals surface area contributed by atoms with E-state index in [1.54, 1.807) is 6.07 Å². The van der Waals surface area contributed by atoms with E-state index in [0.29, 0.717) is 17.9 Å². The molecule has 0 aliphatic carbocycles. The van der Waals surface area contributed by atoms with Crippen LogP contribution in [0.25, 0.3) is 10.9 Å². The van der Waals surface area contributed by atoms with Crippen LogP contribution in [0.3, 0.4) is 0 Å². The third kappa shape index (κ3) is 7.47. The number of alkyl halides is 3. The van der Waals surface area contributed by atoms with Gasteiger partial charge in [-0.05, 0) is 88.4 Å². The molecule has 9 heteroatoms. The van der Waals surface area contributed by atoms with Gasteiger partial charge in [0.25, 0.3) is 0 Å². The lowest BCUT2D eigenvalue weighted by atomic mass is 9.72. The van der Waals surface area contributed by atoms with E-state index in [4.69, 9.17) is 4.74 Å². The SMILES string of the molecule is Cc1cc(Nc2cc(OCCN3CCC(Cc4ccccc4)(C(=O)N4CCCCC4)CC3)cc(C(F)(F)F)c2)c2ccccc2n1. The minimum Gasteiger partial charge on any atom is -0.492 e. The van der Waals surface area contributed by atoms with Crippen molar-refractivity contribution in [1.29, 1.82) is 0 Å². The van der Waals surface area contributed by atoms with Crippen LogP contribution in [-0.2, 0) is 17.4 Å². The molecule has 6 nitrogen and oxygen atoms in total. The Balaban J connectivity index is 1.12. The second kappa shape index (κ2) is 13.7. The Morgan fingerprint density at radius 2 is 1.63 bits per heavy atom. The van der Waals surface area contributed by atoms with Crippen molar-refractivity contribution in [2.45, 2.75) is 51.6 Å². The average Bonchev–Trinajstić information content (AvgIpc) is 3.05. The summed E-state index contributed by atoms with van der Waals surface area (Å²) >= 11 is 0. The standard InChI is InChI=1S/C37H41F3N4O2/c1-27-22-34(32-12-6-7-13-33(32)41-27)42-30-23-29(37(38,39)40)24-31(25-30)46-21-20-43-18-14-36(15-19-43,26-28-10-4-2-5-11-28)35(45)44-16-8-3-9-17-44/h2,4-7,10-13,22-25H,3,8-9,14-21,26H2,1H3,(H,41,42). The van der Waals surface area contributed by atoms with E-state index in [-0.39, 0.29) is 18.3 Å². The number of carbonyl (C=O) groups is 1. The van der Waals surface area contributed by atoms with Crippen LogP contribution in [0.5, 0.6) is 5.75 Å². The Hall–Kier alpha value is -4.11. The number of rotatable bonds is 9. The summed E-state index contributed by atoms with van der Waals surface area (Å²) in [6.45, 7) is 5.79. The molecule has 3 heterocycles. The molecule has 0 bridgehead atoms. The maximum absolute atomic E-state index is 13.9. The van der Waals surface area contributed by atoms with Crippen molar-refractivity contribution in [3.8, 4) is 5.75 Å². The smallest absolute Gasteiger partial charge is 0.416 e. The molecule has 46 heavy (non-hydrogen) atoms. The molecular formula is C37H41F3N4O2. The van der Waals surface area contributed by atoms with Crippen molar-refractivity contribution in [2.75, 3.05) is 44.6 Å². The lowest BCUT2D eigenvalue weighted by molar-refractivity contribution is -0.146. The van der Waals surface area contributed by atoms with Gasteiger partial charge in [0.05, 0.1) is 16.5 Å². The number of aryl methyl sites for hydroxylation is 1. The van der Waals surface area contributed by atoms with Crippen molar-refractivity contribution in [3.05, 3.63) is 95.7 Å². The number of carbonyl (C=O) groups excluding carboxylic acids is 1. The molecule has 6 rings (SSSR count). The number of amides is 1. The molecule has 2 aliphatic heterocycles. The number of aromatic nitrogens is 1. The number of likely N-dealkylation sites (tertiary alicyclic amines) is 2. The van der Waals surface area contributed by atoms with Gasteiger partial charge in [-0.1, -0.05) is 48.5 Å². The molecule has 1 amide bonds. The van der Waals surface area contributed by atoms with Crippen molar-refractivity contribution in [1.82, 2.24) is 14.8 Å². The lowest BCUT2D eigenvalue weighted by Gasteiger charge is -2.44. The number of hydrogen-bond acceptors (Lipinski definition) is 5. The zero-order chi connectivity index (χ0) is 32.1. The minimum atomic E-state index is -4.53. The molecule has 242 valence electrons. The van der Waals surface area contributed by atoms with Gasteiger partial charge in [0, 0.05) is 48.2 Å². The number of benzene rings is 3. The molecule has 2 fully saturated rings. The summed E-state index contributed by atoms with van der Waals surface area (Å²) in [5.74, 6) is 0.427. The molecule has 0 saturated carbocycles. The predicted octanol–water partition coefficient (Wildman–Crippen LogP) is 8.02. The first-order valence-corrected chi connectivity index (χ1v) is 16.2. The van der Waals surface area contributed by atoms with Gasteiger partial charge >= 0.3 is 6.18 Å². The second-order valence-corrected chi connectivity index (χ2v) is 12.7. The lowest BCUT2D eigenvalue weighted by Crippen LogP contribution is -2.52. The first-order chi connectivity index (χ1) is 22.2. The van der Waals surface area contributed by atoms with E-state index in [1.807, 2.05) is 55.5 Å². The third-order valence-corrected chi connectivity index (χ3v) is 9.33. The monoisotopic (exact) mass is 630 g/mol. The van der Waals surface area contributed by atoms with Crippen LogP contribution in [-0.4, -0.2) is 60.0 Å². The summed E-state index contributed by atoms with van der Waals surface area (Å²) < 4.78 is 47.7. The molecule has 1 aromatic heterocycles. The molecule has 2 saturated heterocycles. The average molecular weight is 631 g/mol. The number of halogens is 3. The van der Waals surface area contributed by atoms with Crippen LogP contribution in [0.4, 0.5) is 24.5 Å². The van der Waals surface area contributed by atoms with Gasteiger partial charge in [0.1, 0.15) is 12.4 Å². The van der Waals surface area contributed by atoms with E-state index < -0.39 is 17.2 Å². The number of piperidine rings is 2. The number of pyridine rings is 1. The molecule has 0 spiro atoms.